The summed E-state index contributed by atoms with van der Waals surface area (Å²) in [5.41, 5.74) is 2.92. The van der Waals surface area contributed by atoms with Crippen LogP contribution in [-0.2, 0) is 9.98 Å². The van der Waals surface area contributed by atoms with Crippen LogP contribution in [0.25, 0.3) is 0 Å². The molecule has 1 rings (SSSR count). The molecule has 0 amide bonds. The molecular formula is C13H22NaO4P. The van der Waals surface area contributed by atoms with Crippen LogP contribution in [0.5, 0.6) is 0 Å². The van der Waals surface area contributed by atoms with Gasteiger partial charge in [-0.05, 0) is 11.3 Å². The Labute approximate surface area is 137 Å². The van der Waals surface area contributed by atoms with Gasteiger partial charge in [0.2, 0.25) is 0 Å². The van der Waals surface area contributed by atoms with Gasteiger partial charge in [-0.3, -0.25) is 0 Å². The van der Waals surface area contributed by atoms with Crippen molar-refractivity contribution < 1.29 is 48.8 Å². The minimum Gasteiger partial charge on any atom is -0.303 e. The van der Waals surface area contributed by atoms with Gasteiger partial charge in [0.25, 0.3) is 0 Å². The Kier molecular flexibility index (Phi) is 9.77. The largest absolute Gasteiger partial charge is 1.00 e. The predicted molar refractivity (Wildman–Crippen MR) is 72.3 cm³/mol. The first kappa shape index (κ1) is 21.6. The first-order valence-corrected chi connectivity index (χ1v) is 7.28. The molecule has 1 aromatic rings. The molecule has 0 radical (unpaired) electrons. The van der Waals surface area contributed by atoms with Gasteiger partial charge in [-0.15, -0.1) is 0 Å². The van der Waals surface area contributed by atoms with E-state index in [0.717, 1.165) is 0 Å². The van der Waals surface area contributed by atoms with Crippen molar-refractivity contribution in [3.05, 3.63) is 35.4 Å². The van der Waals surface area contributed by atoms with Crippen molar-refractivity contribution in [1.29, 1.82) is 0 Å². The standard InChI is InChI=1S/C13H19.Na.H3O4P/c1-10(2)11-7-6-8-12(9-11)13(3,4)5;;1-5(2,3)4/h6-7,9-10H,1-5H3;;(H3,1,2,3,4)/q-1;+1;. The van der Waals surface area contributed by atoms with E-state index in [1.807, 2.05) is 6.07 Å². The summed E-state index contributed by atoms with van der Waals surface area (Å²) in [5, 5.41) is 0. The molecule has 0 aliphatic carbocycles. The first-order chi connectivity index (χ1) is 7.91. The quantitative estimate of drug-likeness (QED) is 0.387. The zero-order valence-corrected chi connectivity index (χ0v) is 15.4. The van der Waals surface area contributed by atoms with Gasteiger partial charge in [0.1, 0.15) is 0 Å². The zero-order valence-electron chi connectivity index (χ0n) is 12.5. The van der Waals surface area contributed by atoms with E-state index in [2.05, 4.69) is 52.8 Å². The van der Waals surface area contributed by atoms with Crippen molar-refractivity contribution >= 4 is 7.82 Å². The van der Waals surface area contributed by atoms with E-state index in [9.17, 15) is 0 Å². The molecule has 6 heteroatoms. The fourth-order valence-corrected chi connectivity index (χ4v) is 1.28. The second kappa shape index (κ2) is 8.58. The fourth-order valence-electron chi connectivity index (χ4n) is 1.28. The van der Waals surface area contributed by atoms with Crippen LogP contribution >= 0.6 is 7.82 Å². The molecule has 0 saturated heterocycles. The summed E-state index contributed by atoms with van der Waals surface area (Å²) in [7, 11) is -4.64. The van der Waals surface area contributed by atoms with E-state index in [0.29, 0.717) is 5.92 Å². The van der Waals surface area contributed by atoms with Crippen LogP contribution in [0.15, 0.2) is 18.2 Å². The van der Waals surface area contributed by atoms with Crippen LogP contribution in [0.3, 0.4) is 0 Å². The van der Waals surface area contributed by atoms with Crippen LogP contribution < -0.4 is 29.6 Å². The average Bonchev–Trinajstić information content (AvgIpc) is 2.14. The van der Waals surface area contributed by atoms with Crippen molar-refractivity contribution in [2.75, 3.05) is 0 Å². The van der Waals surface area contributed by atoms with Crippen LogP contribution in [-0.4, -0.2) is 14.7 Å². The molecule has 0 saturated carbocycles. The molecule has 0 aromatic heterocycles. The van der Waals surface area contributed by atoms with Crippen molar-refractivity contribution in [1.82, 2.24) is 0 Å². The maximum absolute atomic E-state index is 8.88. The molecule has 1 aromatic carbocycles. The normalized spacial score (nSPS) is 11.4. The first-order valence-electron chi connectivity index (χ1n) is 5.71. The number of hydrogen-bond acceptors (Lipinski definition) is 1. The molecule has 0 aliphatic rings. The van der Waals surface area contributed by atoms with Gasteiger partial charge in [0, 0.05) is 0 Å². The molecule has 4 nitrogen and oxygen atoms in total. The van der Waals surface area contributed by atoms with E-state index >= 15 is 0 Å². The van der Waals surface area contributed by atoms with E-state index in [1.54, 1.807) is 0 Å². The van der Waals surface area contributed by atoms with E-state index in [-0.39, 0.29) is 35.0 Å². The van der Waals surface area contributed by atoms with Gasteiger partial charge >= 0.3 is 37.4 Å². The summed E-state index contributed by atoms with van der Waals surface area (Å²) in [6, 6.07) is 9.76. The van der Waals surface area contributed by atoms with E-state index < -0.39 is 7.82 Å². The Morgan fingerprint density at radius 3 is 1.95 bits per heavy atom. The van der Waals surface area contributed by atoms with Crippen LogP contribution in [0.1, 0.15) is 51.7 Å². The summed E-state index contributed by atoms with van der Waals surface area (Å²) in [4.78, 5) is 21.6. The van der Waals surface area contributed by atoms with Crippen LogP contribution in [0.4, 0.5) is 0 Å². The third-order valence-electron chi connectivity index (χ3n) is 2.30. The molecule has 0 bridgehead atoms. The Morgan fingerprint density at radius 1 is 1.21 bits per heavy atom. The molecule has 0 unspecified atom stereocenters. The number of benzene rings is 1. The smallest absolute Gasteiger partial charge is 0.303 e. The molecule has 0 spiro atoms. The van der Waals surface area contributed by atoms with Gasteiger partial charge in [-0.25, -0.2) is 4.57 Å². The molecule has 0 fully saturated rings. The molecule has 19 heavy (non-hydrogen) atoms. The molecule has 3 N–H and O–H groups in total. The van der Waals surface area contributed by atoms with Crippen molar-refractivity contribution in [2.24, 2.45) is 0 Å². The van der Waals surface area contributed by atoms with Gasteiger partial charge < -0.3 is 14.7 Å². The predicted octanol–water partition coefficient (Wildman–Crippen LogP) is -0.0169. The van der Waals surface area contributed by atoms with Crippen LogP contribution in [0.2, 0.25) is 0 Å². The Morgan fingerprint density at radius 2 is 1.63 bits per heavy atom. The van der Waals surface area contributed by atoms with Gasteiger partial charge in [0.15, 0.2) is 0 Å². The van der Waals surface area contributed by atoms with Gasteiger partial charge in [-0.1, -0.05) is 34.6 Å². The number of rotatable bonds is 1. The van der Waals surface area contributed by atoms with Crippen LogP contribution in [0, 0.1) is 6.07 Å². The molecule has 0 atom stereocenters. The topological polar surface area (TPSA) is 77.8 Å². The zero-order chi connectivity index (χ0) is 14.6. The second-order valence-electron chi connectivity index (χ2n) is 5.45. The third-order valence-corrected chi connectivity index (χ3v) is 2.30. The minimum atomic E-state index is -4.64. The Bertz CT molecular complexity index is 413. The minimum absolute atomic E-state index is 0. The summed E-state index contributed by atoms with van der Waals surface area (Å²) < 4.78 is 8.88. The third kappa shape index (κ3) is 11.8. The molecular weight excluding hydrogens is 274 g/mol. The maximum Gasteiger partial charge on any atom is 1.00 e. The van der Waals surface area contributed by atoms with Crippen molar-refractivity contribution in [3.8, 4) is 0 Å². The van der Waals surface area contributed by atoms with Gasteiger partial charge in [-0.2, -0.15) is 35.4 Å². The Balaban J connectivity index is 0. The summed E-state index contributed by atoms with van der Waals surface area (Å²) in [5.74, 6) is 0.607. The number of hydrogen-bond donors (Lipinski definition) is 3. The average molecular weight is 296 g/mol. The summed E-state index contributed by atoms with van der Waals surface area (Å²) in [6.07, 6.45) is 0. The maximum atomic E-state index is 8.88. The SMILES string of the molecule is CC(C)c1cc[c-]c(C(C)(C)C)c1.O=P(O)(O)O.[Na+]. The second-order valence-corrected chi connectivity index (χ2v) is 6.48. The van der Waals surface area contributed by atoms with Gasteiger partial charge in [0.05, 0.1) is 0 Å². The number of phosphoric acid groups is 1. The monoisotopic (exact) mass is 296 g/mol. The van der Waals surface area contributed by atoms with E-state index in [1.165, 1.54) is 11.1 Å². The van der Waals surface area contributed by atoms with Crippen molar-refractivity contribution in [2.45, 2.75) is 46.0 Å². The van der Waals surface area contributed by atoms with E-state index in [4.69, 9.17) is 19.2 Å². The summed E-state index contributed by atoms with van der Waals surface area (Å²) in [6.45, 7) is 11.1. The Hall–Kier alpha value is 0.330. The molecule has 0 aliphatic heterocycles. The fraction of sp³-hybridized carbons (Fsp3) is 0.538. The summed E-state index contributed by atoms with van der Waals surface area (Å²) >= 11 is 0. The molecule has 104 valence electrons. The molecule has 0 heterocycles. The van der Waals surface area contributed by atoms with Crippen molar-refractivity contribution in [3.63, 3.8) is 0 Å².